The Morgan fingerprint density at radius 3 is 2.77 bits per heavy atom. The predicted molar refractivity (Wildman–Crippen MR) is 83.9 cm³/mol. The molecule has 1 aromatic heterocycles. The molecule has 0 N–H and O–H groups in total. The SMILES string of the molecule is COc1ccc(COc2cc(C3=CCN(C)CC3)on2)cc1. The summed E-state index contributed by atoms with van der Waals surface area (Å²) >= 11 is 0. The number of hydrogen-bond acceptors (Lipinski definition) is 5. The molecule has 0 bridgehead atoms. The molecule has 2 heterocycles. The van der Waals surface area contributed by atoms with Gasteiger partial charge in [0.15, 0.2) is 5.76 Å². The molecule has 0 saturated heterocycles. The number of likely N-dealkylation sites (N-methyl/N-ethyl adjacent to an activating group) is 1. The van der Waals surface area contributed by atoms with E-state index in [0.717, 1.165) is 36.6 Å². The minimum absolute atomic E-state index is 0.456. The number of ether oxygens (including phenoxy) is 2. The standard InChI is InChI=1S/C17H20N2O3/c1-19-9-7-14(8-10-19)16-11-17(18-22-16)21-12-13-3-5-15(20-2)6-4-13/h3-7,11H,8-10,12H2,1-2H3. The van der Waals surface area contributed by atoms with Gasteiger partial charge in [-0.05, 0) is 41.9 Å². The third-order valence-corrected chi connectivity index (χ3v) is 3.76. The van der Waals surface area contributed by atoms with E-state index in [2.05, 4.69) is 23.2 Å². The molecule has 0 amide bonds. The summed E-state index contributed by atoms with van der Waals surface area (Å²) < 4.78 is 16.2. The molecule has 0 saturated carbocycles. The van der Waals surface area contributed by atoms with Crippen molar-refractivity contribution < 1.29 is 14.0 Å². The first-order valence-corrected chi connectivity index (χ1v) is 7.35. The molecule has 0 fully saturated rings. The van der Waals surface area contributed by atoms with Crippen molar-refractivity contribution in [1.82, 2.24) is 10.1 Å². The highest BCUT2D eigenvalue weighted by Crippen LogP contribution is 2.25. The molecule has 0 radical (unpaired) electrons. The summed E-state index contributed by atoms with van der Waals surface area (Å²) in [6.45, 7) is 2.43. The topological polar surface area (TPSA) is 47.7 Å². The Bertz CT molecular complexity index is 646. The Balaban J connectivity index is 1.59. The van der Waals surface area contributed by atoms with Gasteiger partial charge in [-0.15, -0.1) is 0 Å². The first kappa shape index (κ1) is 14.7. The number of aromatic nitrogens is 1. The van der Waals surface area contributed by atoms with Gasteiger partial charge in [0.1, 0.15) is 12.4 Å². The monoisotopic (exact) mass is 300 g/mol. The van der Waals surface area contributed by atoms with E-state index in [1.165, 1.54) is 5.57 Å². The number of benzene rings is 1. The molecular weight excluding hydrogens is 280 g/mol. The van der Waals surface area contributed by atoms with Gasteiger partial charge in [-0.3, -0.25) is 0 Å². The third kappa shape index (κ3) is 3.49. The molecule has 1 aromatic carbocycles. The van der Waals surface area contributed by atoms with Gasteiger partial charge in [0, 0.05) is 19.2 Å². The summed E-state index contributed by atoms with van der Waals surface area (Å²) in [6, 6.07) is 9.63. The van der Waals surface area contributed by atoms with Crippen molar-refractivity contribution in [2.24, 2.45) is 0 Å². The molecule has 1 aliphatic heterocycles. The van der Waals surface area contributed by atoms with Crippen molar-refractivity contribution in [2.75, 3.05) is 27.2 Å². The maximum atomic E-state index is 5.67. The van der Waals surface area contributed by atoms with Crippen LogP contribution in [0.1, 0.15) is 17.7 Å². The molecule has 116 valence electrons. The highest BCUT2D eigenvalue weighted by molar-refractivity contribution is 5.62. The Kier molecular flexibility index (Phi) is 4.44. The van der Waals surface area contributed by atoms with Crippen LogP contribution in [0.15, 0.2) is 40.9 Å². The zero-order valence-corrected chi connectivity index (χ0v) is 12.9. The predicted octanol–water partition coefficient (Wildman–Crippen LogP) is 2.98. The Labute approximate surface area is 130 Å². The van der Waals surface area contributed by atoms with Crippen molar-refractivity contribution >= 4 is 5.57 Å². The molecule has 5 heteroatoms. The summed E-state index contributed by atoms with van der Waals surface area (Å²) in [5.74, 6) is 2.16. The van der Waals surface area contributed by atoms with Crippen molar-refractivity contribution in [1.29, 1.82) is 0 Å². The molecule has 22 heavy (non-hydrogen) atoms. The molecule has 5 nitrogen and oxygen atoms in total. The molecule has 0 aliphatic carbocycles. The first-order valence-electron chi connectivity index (χ1n) is 7.35. The normalized spacial score (nSPS) is 15.5. The van der Waals surface area contributed by atoms with Crippen molar-refractivity contribution in [3.8, 4) is 11.6 Å². The third-order valence-electron chi connectivity index (χ3n) is 3.76. The van der Waals surface area contributed by atoms with E-state index in [1.54, 1.807) is 7.11 Å². The first-order chi connectivity index (χ1) is 10.7. The lowest BCUT2D eigenvalue weighted by atomic mass is 10.1. The lowest BCUT2D eigenvalue weighted by Crippen LogP contribution is -2.23. The van der Waals surface area contributed by atoms with Gasteiger partial charge in [0.2, 0.25) is 0 Å². The molecular formula is C17H20N2O3. The van der Waals surface area contributed by atoms with Crippen LogP contribution in [0.5, 0.6) is 11.6 Å². The Hall–Kier alpha value is -2.27. The van der Waals surface area contributed by atoms with Crippen LogP contribution in [0.25, 0.3) is 5.57 Å². The average Bonchev–Trinajstić information content (AvgIpc) is 3.03. The van der Waals surface area contributed by atoms with E-state index in [4.69, 9.17) is 14.0 Å². The summed E-state index contributed by atoms with van der Waals surface area (Å²) in [5.41, 5.74) is 2.26. The summed E-state index contributed by atoms with van der Waals surface area (Å²) in [6.07, 6.45) is 3.15. The number of hydrogen-bond donors (Lipinski definition) is 0. The minimum atomic E-state index is 0.456. The zero-order chi connectivity index (χ0) is 15.4. The van der Waals surface area contributed by atoms with E-state index in [9.17, 15) is 0 Å². The maximum Gasteiger partial charge on any atom is 0.255 e. The molecule has 2 aromatic rings. The minimum Gasteiger partial charge on any atom is -0.497 e. The second kappa shape index (κ2) is 6.66. The van der Waals surface area contributed by atoms with Gasteiger partial charge >= 0.3 is 0 Å². The number of methoxy groups -OCH3 is 1. The number of nitrogens with zero attached hydrogens (tertiary/aromatic N) is 2. The molecule has 1 aliphatic rings. The van der Waals surface area contributed by atoms with E-state index in [-0.39, 0.29) is 0 Å². The van der Waals surface area contributed by atoms with E-state index < -0.39 is 0 Å². The van der Waals surface area contributed by atoms with Crippen LogP contribution in [0, 0.1) is 0 Å². The fourth-order valence-electron chi connectivity index (χ4n) is 2.35. The highest BCUT2D eigenvalue weighted by Gasteiger charge is 2.14. The van der Waals surface area contributed by atoms with Gasteiger partial charge in [0.25, 0.3) is 5.88 Å². The molecule has 0 unspecified atom stereocenters. The fraction of sp³-hybridized carbons (Fsp3) is 0.353. The Morgan fingerprint density at radius 2 is 2.09 bits per heavy atom. The van der Waals surface area contributed by atoms with Crippen molar-refractivity contribution in [2.45, 2.75) is 13.0 Å². The quantitative estimate of drug-likeness (QED) is 0.849. The molecule has 0 atom stereocenters. The highest BCUT2D eigenvalue weighted by atomic mass is 16.5. The second-order valence-electron chi connectivity index (χ2n) is 5.41. The van der Waals surface area contributed by atoms with Crippen LogP contribution in [0.3, 0.4) is 0 Å². The van der Waals surface area contributed by atoms with Crippen LogP contribution < -0.4 is 9.47 Å². The van der Waals surface area contributed by atoms with Gasteiger partial charge in [-0.2, -0.15) is 0 Å². The van der Waals surface area contributed by atoms with Crippen LogP contribution in [-0.2, 0) is 6.61 Å². The average molecular weight is 300 g/mol. The fourth-order valence-corrected chi connectivity index (χ4v) is 2.35. The summed E-state index contributed by atoms with van der Waals surface area (Å²) in [5, 5.41) is 3.98. The maximum absolute atomic E-state index is 5.67. The van der Waals surface area contributed by atoms with E-state index in [1.807, 2.05) is 30.3 Å². The van der Waals surface area contributed by atoms with Crippen molar-refractivity contribution in [3.63, 3.8) is 0 Å². The van der Waals surface area contributed by atoms with Crippen LogP contribution in [0.4, 0.5) is 0 Å². The van der Waals surface area contributed by atoms with Crippen LogP contribution >= 0.6 is 0 Å². The second-order valence-corrected chi connectivity index (χ2v) is 5.41. The number of rotatable bonds is 5. The largest absolute Gasteiger partial charge is 0.497 e. The van der Waals surface area contributed by atoms with Crippen molar-refractivity contribution in [3.05, 3.63) is 47.7 Å². The van der Waals surface area contributed by atoms with Gasteiger partial charge in [-0.25, -0.2) is 0 Å². The molecule has 3 rings (SSSR count). The van der Waals surface area contributed by atoms with Crippen LogP contribution in [0.2, 0.25) is 0 Å². The van der Waals surface area contributed by atoms with E-state index in [0.29, 0.717) is 12.5 Å². The van der Waals surface area contributed by atoms with Gasteiger partial charge in [-0.1, -0.05) is 18.2 Å². The van der Waals surface area contributed by atoms with Gasteiger partial charge in [0.05, 0.1) is 7.11 Å². The zero-order valence-electron chi connectivity index (χ0n) is 12.9. The van der Waals surface area contributed by atoms with E-state index >= 15 is 0 Å². The van der Waals surface area contributed by atoms with Crippen LogP contribution in [-0.4, -0.2) is 37.3 Å². The summed E-state index contributed by atoms with van der Waals surface area (Å²) in [7, 11) is 3.76. The Morgan fingerprint density at radius 1 is 1.27 bits per heavy atom. The molecule has 0 spiro atoms. The lowest BCUT2D eigenvalue weighted by molar-refractivity contribution is 0.268. The van der Waals surface area contributed by atoms with Gasteiger partial charge < -0.3 is 18.9 Å². The summed E-state index contributed by atoms with van der Waals surface area (Å²) in [4.78, 5) is 2.26. The lowest BCUT2D eigenvalue weighted by Gasteiger charge is -2.20. The smallest absolute Gasteiger partial charge is 0.255 e.